The number of rotatable bonds is 3. The molecule has 0 aliphatic carbocycles. The van der Waals surface area contributed by atoms with E-state index in [1.54, 1.807) is 7.11 Å². The number of ether oxygens (including phenoxy) is 2. The number of morpholine rings is 2. The summed E-state index contributed by atoms with van der Waals surface area (Å²) < 4.78 is 11.0. The number of fused-ring (bicyclic) bond motifs is 2. The van der Waals surface area contributed by atoms with Crippen molar-refractivity contribution in [1.29, 1.82) is 0 Å². The molecule has 2 saturated heterocycles. The van der Waals surface area contributed by atoms with Gasteiger partial charge in [-0.25, -0.2) is 4.79 Å². The van der Waals surface area contributed by atoms with Gasteiger partial charge in [0, 0.05) is 32.7 Å². The van der Waals surface area contributed by atoms with Gasteiger partial charge in [-0.15, -0.1) is 0 Å². The number of hydrogen-bond acceptors (Lipinski definition) is 4. The van der Waals surface area contributed by atoms with Crippen molar-refractivity contribution in [2.45, 2.75) is 18.8 Å². The molecule has 0 radical (unpaired) electrons. The fourth-order valence-corrected chi connectivity index (χ4v) is 3.09. The first-order valence-corrected chi connectivity index (χ1v) is 7.64. The van der Waals surface area contributed by atoms with Gasteiger partial charge in [0.05, 0.1) is 19.3 Å². The van der Waals surface area contributed by atoms with Crippen molar-refractivity contribution in [3.8, 4) is 5.75 Å². The molecule has 3 rings (SSSR count). The van der Waals surface area contributed by atoms with Crippen molar-refractivity contribution in [3.63, 3.8) is 0 Å². The minimum absolute atomic E-state index is 0.0151. The molecule has 22 heavy (non-hydrogen) atoms. The number of hydrogen-bond donors (Lipinski definition) is 1. The average molecular weight is 305 g/mol. The third-order valence-electron chi connectivity index (χ3n) is 4.15. The van der Waals surface area contributed by atoms with E-state index in [0.717, 1.165) is 24.4 Å². The molecule has 2 bridgehead atoms. The lowest BCUT2D eigenvalue weighted by Gasteiger charge is -2.44. The molecule has 2 fully saturated rings. The Balaban J connectivity index is 1.51. The second-order valence-electron chi connectivity index (χ2n) is 6.01. The number of benzene rings is 1. The fourth-order valence-electron chi connectivity index (χ4n) is 3.09. The van der Waals surface area contributed by atoms with Gasteiger partial charge in [0.2, 0.25) is 0 Å². The van der Waals surface area contributed by atoms with E-state index >= 15 is 0 Å². The van der Waals surface area contributed by atoms with E-state index in [2.05, 4.69) is 17.3 Å². The van der Waals surface area contributed by atoms with Gasteiger partial charge in [-0.05, 0) is 24.7 Å². The molecule has 0 spiro atoms. The summed E-state index contributed by atoms with van der Waals surface area (Å²) in [7, 11) is 3.74. The third-order valence-corrected chi connectivity index (χ3v) is 4.15. The van der Waals surface area contributed by atoms with E-state index < -0.39 is 0 Å². The van der Waals surface area contributed by atoms with Crippen molar-refractivity contribution >= 4 is 6.03 Å². The van der Waals surface area contributed by atoms with Crippen molar-refractivity contribution in [1.82, 2.24) is 15.1 Å². The summed E-state index contributed by atoms with van der Waals surface area (Å²) in [4.78, 5) is 16.5. The Labute approximate surface area is 131 Å². The predicted octanol–water partition coefficient (Wildman–Crippen LogP) is 0.920. The highest BCUT2D eigenvalue weighted by Gasteiger charge is 2.35. The van der Waals surface area contributed by atoms with Crippen LogP contribution >= 0.6 is 0 Å². The lowest BCUT2D eigenvalue weighted by atomic mass is 10.1. The van der Waals surface area contributed by atoms with Gasteiger partial charge in [-0.3, -0.25) is 0 Å². The molecule has 1 N–H and O–H groups in total. The summed E-state index contributed by atoms with van der Waals surface area (Å²) >= 11 is 0. The third kappa shape index (κ3) is 3.51. The number of carbonyl (C=O) groups excluding carboxylic acids is 1. The molecule has 0 aromatic heterocycles. The molecule has 1 aromatic rings. The number of likely N-dealkylation sites (N-methyl/N-ethyl adjacent to an activating group) is 1. The Morgan fingerprint density at radius 2 is 1.86 bits per heavy atom. The molecular formula is C16H23N3O3. The molecule has 2 aliphatic heterocycles. The smallest absolute Gasteiger partial charge is 0.317 e. The van der Waals surface area contributed by atoms with Gasteiger partial charge < -0.3 is 24.6 Å². The highest BCUT2D eigenvalue weighted by atomic mass is 16.5. The van der Waals surface area contributed by atoms with Crippen LogP contribution in [0.1, 0.15) is 5.56 Å². The molecule has 2 heterocycles. The SMILES string of the molecule is COc1ccc(CNC(=O)N2C[C@H]3CN(C)C[C@@H](C2)O3)cc1. The van der Waals surface area contributed by atoms with Crippen molar-refractivity contribution in [2.75, 3.05) is 40.3 Å². The van der Waals surface area contributed by atoms with Crippen LogP contribution in [0.15, 0.2) is 24.3 Å². The van der Waals surface area contributed by atoms with Gasteiger partial charge in [-0.2, -0.15) is 0 Å². The number of nitrogens with zero attached hydrogens (tertiary/aromatic N) is 2. The molecule has 1 aromatic carbocycles. The van der Waals surface area contributed by atoms with Gasteiger partial charge in [0.25, 0.3) is 0 Å². The summed E-state index contributed by atoms with van der Waals surface area (Å²) in [6, 6.07) is 7.70. The van der Waals surface area contributed by atoms with Crippen LogP contribution < -0.4 is 10.1 Å². The Bertz CT molecular complexity index is 502. The number of amides is 2. The summed E-state index contributed by atoms with van der Waals surface area (Å²) in [5.41, 5.74) is 1.06. The molecule has 2 amide bonds. The first kappa shape index (κ1) is 15.1. The largest absolute Gasteiger partial charge is 0.497 e. The van der Waals surface area contributed by atoms with Crippen LogP contribution in [0, 0.1) is 0 Å². The molecule has 2 atom stereocenters. The number of urea groups is 1. The molecule has 6 heteroatoms. The molecule has 6 nitrogen and oxygen atoms in total. The van der Waals surface area contributed by atoms with E-state index in [-0.39, 0.29) is 18.2 Å². The van der Waals surface area contributed by atoms with Gasteiger partial charge in [0.1, 0.15) is 5.75 Å². The van der Waals surface area contributed by atoms with Crippen LogP contribution in [-0.4, -0.2) is 68.4 Å². The Hall–Kier alpha value is -1.79. The number of methoxy groups -OCH3 is 1. The monoisotopic (exact) mass is 305 g/mol. The van der Waals surface area contributed by atoms with Gasteiger partial charge >= 0.3 is 6.03 Å². The Morgan fingerprint density at radius 1 is 1.23 bits per heavy atom. The van der Waals surface area contributed by atoms with E-state index in [1.165, 1.54) is 0 Å². The highest BCUT2D eigenvalue weighted by molar-refractivity contribution is 5.74. The zero-order valence-electron chi connectivity index (χ0n) is 13.1. The predicted molar refractivity (Wildman–Crippen MR) is 83.0 cm³/mol. The second kappa shape index (κ2) is 6.54. The van der Waals surface area contributed by atoms with Crippen molar-refractivity contribution in [2.24, 2.45) is 0 Å². The first-order chi connectivity index (χ1) is 10.6. The lowest BCUT2D eigenvalue weighted by molar-refractivity contribution is -0.123. The maximum atomic E-state index is 12.3. The average Bonchev–Trinajstić information content (AvgIpc) is 2.52. The fraction of sp³-hybridized carbons (Fsp3) is 0.562. The van der Waals surface area contributed by atoms with E-state index in [0.29, 0.717) is 19.6 Å². The summed E-state index contributed by atoms with van der Waals surface area (Å²) in [5, 5.41) is 2.98. The van der Waals surface area contributed by atoms with Crippen LogP contribution in [-0.2, 0) is 11.3 Å². The van der Waals surface area contributed by atoms with Crippen LogP contribution in [0.2, 0.25) is 0 Å². The van der Waals surface area contributed by atoms with Gasteiger partial charge in [0.15, 0.2) is 0 Å². The van der Waals surface area contributed by atoms with Crippen LogP contribution in [0.5, 0.6) is 5.75 Å². The molecule has 120 valence electrons. The van der Waals surface area contributed by atoms with Crippen LogP contribution in [0.3, 0.4) is 0 Å². The Kier molecular flexibility index (Phi) is 4.49. The number of carbonyl (C=O) groups is 1. The van der Waals surface area contributed by atoms with E-state index in [9.17, 15) is 4.79 Å². The second-order valence-corrected chi connectivity index (χ2v) is 6.01. The molecule has 0 saturated carbocycles. The standard InChI is InChI=1S/C16H23N3O3/c1-18-8-14-10-19(11-15(9-18)22-14)16(20)17-7-12-3-5-13(21-2)6-4-12/h3-6,14-15H,7-11H2,1-2H3,(H,17,20)/t14-,15+. The van der Waals surface area contributed by atoms with Gasteiger partial charge in [-0.1, -0.05) is 12.1 Å². The lowest BCUT2D eigenvalue weighted by Crippen LogP contribution is -2.61. The first-order valence-electron chi connectivity index (χ1n) is 7.64. The quantitative estimate of drug-likeness (QED) is 0.902. The van der Waals surface area contributed by atoms with Crippen molar-refractivity contribution < 1.29 is 14.3 Å². The highest BCUT2D eigenvalue weighted by Crippen LogP contribution is 2.18. The summed E-state index contributed by atoms with van der Waals surface area (Å²) in [5.74, 6) is 0.820. The maximum absolute atomic E-state index is 12.3. The number of nitrogens with one attached hydrogen (secondary N) is 1. The van der Waals surface area contributed by atoms with E-state index in [4.69, 9.17) is 9.47 Å². The summed E-state index contributed by atoms with van der Waals surface area (Å²) in [6.45, 7) is 3.62. The maximum Gasteiger partial charge on any atom is 0.317 e. The minimum Gasteiger partial charge on any atom is -0.497 e. The zero-order valence-corrected chi connectivity index (χ0v) is 13.1. The minimum atomic E-state index is -0.0151. The Morgan fingerprint density at radius 3 is 2.45 bits per heavy atom. The van der Waals surface area contributed by atoms with E-state index in [1.807, 2.05) is 29.2 Å². The molecule has 2 aliphatic rings. The van der Waals surface area contributed by atoms with Crippen LogP contribution in [0.4, 0.5) is 4.79 Å². The zero-order chi connectivity index (χ0) is 15.5. The molecule has 0 unspecified atom stereocenters. The topological polar surface area (TPSA) is 54.0 Å². The normalized spacial score (nSPS) is 24.9. The summed E-state index contributed by atoms with van der Waals surface area (Å²) in [6.07, 6.45) is 0.258. The van der Waals surface area contributed by atoms with Crippen LogP contribution in [0.25, 0.3) is 0 Å². The van der Waals surface area contributed by atoms with Crippen molar-refractivity contribution in [3.05, 3.63) is 29.8 Å². The molecular weight excluding hydrogens is 282 g/mol.